The van der Waals surface area contributed by atoms with Gasteiger partial charge in [-0.3, -0.25) is 10.1 Å². The van der Waals surface area contributed by atoms with Gasteiger partial charge in [0.25, 0.3) is 0 Å². The molecule has 0 aromatic heterocycles. The molecule has 1 aromatic carbocycles. The van der Waals surface area contributed by atoms with Gasteiger partial charge in [0.2, 0.25) is 0 Å². The van der Waals surface area contributed by atoms with Crippen LogP contribution in [-0.4, -0.2) is 22.9 Å². The molecule has 2 rings (SSSR count). The first-order valence-corrected chi connectivity index (χ1v) is 8.26. The van der Waals surface area contributed by atoms with Crippen molar-refractivity contribution in [2.45, 2.75) is 37.1 Å². The maximum absolute atomic E-state index is 11.2. The lowest BCUT2D eigenvalue weighted by Crippen LogP contribution is -2.43. The molecule has 5 heteroatoms. The van der Waals surface area contributed by atoms with Gasteiger partial charge in [-0.05, 0) is 18.1 Å². The highest BCUT2D eigenvalue weighted by Gasteiger charge is 2.43. The second-order valence-corrected chi connectivity index (χ2v) is 6.93. The van der Waals surface area contributed by atoms with Gasteiger partial charge in [0.15, 0.2) is 0 Å². The zero-order valence-corrected chi connectivity index (χ0v) is 13.3. The Morgan fingerprint density at radius 3 is 2.89 bits per heavy atom. The number of rotatable bonds is 5. The summed E-state index contributed by atoms with van der Waals surface area (Å²) in [6, 6.07) is 7.61. The number of benzene rings is 1. The van der Waals surface area contributed by atoms with E-state index in [-0.39, 0.29) is 4.87 Å². The Labute approximate surface area is 126 Å². The molecule has 2 atom stereocenters. The van der Waals surface area contributed by atoms with Gasteiger partial charge in [-0.1, -0.05) is 53.9 Å². The number of hydrogen-bond acceptors (Lipinski definition) is 3. The van der Waals surface area contributed by atoms with Crippen molar-refractivity contribution < 1.29 is 9.90 Å². The molecule has 1 heterocycles. The van der Waals surface area contributed by atoms with Crippen LogP contribution in [0.5, 0.6) is 0 Å². The van der Waals surface area contributed by atoms with Crippen LogP contribution in [0.3, 0.4) is 0 Å². The normalized spacial score (nSPS) is 26.5. The zero-order valence-electron chi connectivity index (χ0n) is 10.9. The van der Waals surface area contributed by atoms with Crippen LogP contribution in [0, 0.1) is 0 Å². The Morgan fingerprint density at radius 2 is 2.32 bits per heavy atom. The van der Waals surface area contributed by atoms with E-state index < -0.39 is 12.0 Å². The van der Waals surface area contributed by atoms with Crippen LogP contribution in [-0.2, 0) is 9.67 Å². The molecule has 0 spiro atoms. The summed E-state index contributed by atoms with van der Waals surface area (Å²) in [6.07, 6.45) is 3.13. The van der Waals surface area contributed by atoms with E-state index in [1.54, 1.807) is 11.8 Å². The van der Waals surface area contributed by atoms with Crippen molar-refractivity contribution in [1.82, 2.24) is 5.32 Å². The second-order valence-electron chi connectivity index (χ2n) is 4.76. The molecule has 1 aliphatic rings. The van der Waals surface area contributed by atoms with Crippen LogP contribution in [0.15, 0.2) is 28.7 Å². The van der Waals surface area contributed by atoms with E-state index in [4.69, 9.17) is 0 Å². The molecule has 0 radical (unpaired) electrons. The van der Waals surface area contributed by atoms with Gasteiger partial charge in [0, 0.05) is 10.2 Å². The molecule has 1 aliphatic heterocycles. The molecule has 1 aromatic rings. The Bertz CT molecular complexity index is 469. The monoisotopic (exact) mass is 343 g/mol. The number of thioether (sulfide) groups is 1. The number of aliphatic carboxylic acids is 1. The van der Waals surface area contributed by atoms with Gasteiger partial charge in [-0.25, -0.2) is 0 Å². The first-order chi connectivity index (χ1) is 9.09. The van der Waals surface area contributed by atoms with E-state index >= 15 is 0 Å². The van der Waals surface area contributed by atoms with Crippen LogP contribution in [0.25, 0.3) is 0 Å². The van der Waals surface area contributed by atoms with Gasteiger partial charge >= 0.3 is 5.97 Å². The molecule has 0 aliphatic carbocycles. The Balaban J connectivity index is 2.31. The number of carboxylic acids is 1. The zero-order chi connectivity index (χ0) is 13.9. The van der Waals surface area contributed by atoms with Gasteiger partial charge < -0.3 is 5.11 Å². The number of carboxylic acid groups (broad SMARTS) is 1. The van der Waals surface area contributed by atoms with E-state index in [2.05, 4.69) is 34.2 Å². The first-order valence-electron chi connectivity index (χ1n) is 6.48. The molecular formula is C14H18BrNO2S. The van der Waals surface area contributed by atoms with Crippen LogP contribution in [0.1, 0.15) is 31.7 Å². The van der Waals surface area contributed by atoms with Crippen molar-refractivity contribution in [3.8, 4) is 0 Å². The average Bonchev–Trinajstić information content (AvgIpc) is 2.83. The standard InChI is InChI=1S/C14H18BrNO2S/c1-2-3-8-14(10-6-4-5-7-11(10)15)16-12(9-19-14)13(17)18/h4-7,12,16H,2-3,8-9H2,1H3,(H,17,18). The molecule has 2 unspecified atom stereocenters. The molecule has 19 heavy (non-hydrogen) atoms. The number of nitrogens with one attached hydrogen (secondary N) is 1. The predicted octanol–water partition coefficient (Wildman–Crippen LogP) is 3.58. The quantitative estimate of drug-likeness (QED) is 0.857. The molecule has 2 N–H and O–H groups in total. The van der Waals surface area contributed by atoms with Crippen molar-refractivity contribution in [3.05, 3.63) is 34.3 Å². The van der Waals surface area contributed by atoms with Gasteiger partial charge in [0.1, 0.15) is 6.04 Å². The Hall–Kier alpha value is -0.520. The third-order valence-electron chi connectivity index (χ3n) is 3.39. The van der Waals surface area contributed by atoms with E-state index in [9.17, 15) is 9.90 Å². The van der Waals surface area contributed by atoms with Crippen LogP contribution in [0.2, 0.25) is 0 Å². The van der Waals surface area contributed by atoms with Crippen molar-refractivity contribution in [2.24, 2.45) is 0 Å². The summed E-state index contributed by atoms with van der Waals surface area (Å²) in [5.41, 5.74) is 1.15. The molecule has 1 fully saturated rings. The van der Waals surface area contributed by atoms with Crippen molar-refractivity contribution in [2.75, 3.05) is 5.75 Å². The SMILES string of the molecule is CCCCC1(c2ccccc2Br)NC(C(=O)O)CS1. The second kappa shape index (κ2) is 6.29. The first kappa shape index (κ1) is 14.9. The highest BCUT2D eigenvalue weighted by Crippen LogP contribution is 2.46. The topological polar surface area (TPSA) is 49.3 Å². The van der Waals surface area contributed by atoms with Crippen LogP contribution >= 0.6 is 27.7 Å². The minimum Gasteiger partial charge on any atom is -0.480 e. The summed E-state index contributed by atoms with van der Waals surface area (Å²) in [6.45, 7) is 2.15. The third kappa shape index (κ3) is 3.15. The summed E-state index contributed by atoms with van der Waals surface area (Å²) in [4.78, 5) is 10.9. The lowest BCUT2D eigenvalue weighted by molar-refractivity contribution is -0.138. The van der Waals surface area contributed by atoms with E-state index in [1.165, 1.54) is 0 Å². The summed E-state index contributed by atoms with van der Waals surface area (Å²) in [5.74, 6) is -0.154. The molecular weight excluding hydrogens is 326 g/mol. The van der Waals surface area contributed by atoms with E-state index in [0.29, 0.717) is 5.75 Å². The van der Waals surface area contributed by atoms with Crippen LogP contribution < -0.4 is 5.32 Å². The summed E-state index contributed by atoms with van der Waals surface area (Å²) >= 11 is 5.30. The molecule has 104 valence electrons. The number of hydrogen-bond donors (Lipinski definition) is 2. The minimum absolute atomic E-state index is 0.279. The lowest BCUT2D eigenvalue weighted by Gasteiger charge is -2.31. The average molecular weight is 344 g/mol. The van der Waals surface area contributed by atoms with Gasteiger partial charge in [0.05, 0.1) is 4.87 Å². The summed E-state index contributed by atoms with van der Waals surface area (Å²) in [5, 5.41) is 12.5. The van der Waals surface area contributed by atoms with Crippen molar-refractivity contribution in [1.29, 1.82) is 0 Å². The maximum atomic E-state index is 11.2. The molecule has 1 saturated heterocycles. The largest absolute Gasteiger partial charge is 0.480 e. The summed E-state index contributed by atoms with van der Waals surface area (Å²) < 4.78 is 1.04. The smallest absolute Gasteiger partial charge is 0.321 e. The molecule has 0 amide bonds. The Morgan fingerprint density at radius 1 is 1.58 bits per heavy atom. The molecule has 3 nitrogen and oxygen atoms in total. The molecule has 0 bridgehead atoms. The lowest BCUT2D eigenvalue weighted by atomic mass is 9.99. The maximum Gasteiger partial charge on any atom is 0.321 e. The van der Waals surface area contributed by atoms with E-state index in [1.807, 2.05) is 18.2 Å². The number of unbranched alkanes of at least 4 members (excludes halogenated alkanes) is 1. The van der Waals surface area contributed by atoms with Crippen molar-refractivity contribution in [3.63, 3.8) is 0 Å². The summed E-state index contributed by atoms with van der Waals surface area (Å²) in [7, 11) is 0. The highest BCUT2D eigenvalue weighted by atomic mass is 79.9. The van der Waals surface area contributed by atoms with Gasteiger partial charge in [-0.15, -0.1) is 11.8 Å². The highest BCUT2D eigenvalue weighted by molar-refractivity contribution is 9.10. The van der Waals surface area contributed by atoms with E-state index in [0.717, 1.165) is 29.3 Å². The fourth-order valence-corrected chi connectivity index (χ4v) is 4.65. The number of halogens is 1. The fraction of sp³-hybridized carbons (Fsp3) is 0.500. The molecule has 0 saturated carbocycles. The fourth-order valence-electron chi connectivity index (χ4n) is 2.37. The predicted molar refractivity (Wildman–Crippen MR) is 82.4 cm³/mol. The Kier molecular flexibility index (Phi) is 4.92. The van der Waals surface area contributed by atoms with Crippen molar-refractivity contribution >= 4 is 33.7 Å². The minimum atomic E-state index is -0.766. The van der Waals surface area contributed by atoms with Crippen LogP contribution in [0.4, 0.5) is 0 Å². The third-order valence-corrected chi connectivity index (χ3v) is 5.62. The van der Waals surface area contributed by atoms with Gasteiger partial charge in [-0.2, -0.15) is 0 Å². The number of carbonyl (C=O) groups is 1.